The van der Waals surface area contributed by atoms with E-state index >= 15 is 0 Å². The Bertz CT molecular complexity index is 630. The van der Waals surface area contributed by atoms with Gasteiger partial charge in [0.1, 0.15) is 0 Å². The fourth-order valence-electron chi connectivity index (χ4n) is 1.80. The van der Waals surface area contributed by atoms with Crippen LogP contribution in [0, 0.1) is 0 Å². The number of benzene rings is 2. The van der Waals surface area contributed by atoms with Gasteiger partial charge >= 0.3 is 11.8 Å². The first-order valence-corrected chi connectivity index (χ1v) is 7.36. The van der Waals surface area contributed by atoms with Crippen LogP contribution in [0.5, 0.6) is 0 Å². The lowest BCUT2D eigenvalue weighted by Crippen LogP contribution is -2.39. The van der Waals surface area contributed by atoms with E-state index in [1.807, 2.05) is 12.1 Å². The fraction of sp³-hybridized carbons (Fsp3) is 0.125. The predicted molar refractivity (Wildman–Crippen MR) is 86.6 cm³/mol. The smallest absolute Gasteiger partial charge is 0.309 e. The van der Waals surface area contributed by atoms with Crippen LogP contribution in [0.2, 0.25) is 10.0 Å². The van der Waals surface area contributed by atoms with Gasteiger partial charge in [0, 0.05) is 23.1 Å². The van der Waals surface area contributed by atoms with E-state index in [2.05, 4.69) is 10.6 Å². The van der Waals surface area contributed by atoms with Gasteiger partial charge in [-0.2, -0.15) is 0 Å². The van der Waals surface area contributed by atoms with Crippen molar-refractivity contribution in [1.29, 1.82) is 0 Å². The zero-order valence-corrected chi connectivity index (χ0v) is 13.1. The molecule has 0 fully saturated rings. The third-order valence-corrected chi connectivity index (χ3v) is 3.74. The Morgan fingerprint density at radius 3 is 1.45 bits per heavy atom. The SMILES string of the molecule is O=C(NCc1ccccc1Cl)C(=O)NCc1ccccc1Cl. The van der Waals surface area contributed by atoms with Crippen LogP contribution in [0.3, 0.4) is 0 Å². The molecule has 2 rings (SSSR count). The quantitative estimate of drug-likeness (QED) is 0.843. The summed E-state index contributed by atoms with van der Waals surface area (Å²) in [5.74, 6) is -1.43. The minimum absolute atomic E-state index is 0.192. The highest BCUT2D eigenvalue weighted by Crippen LogP contribution is 2.15. The maximum absolute atomic E-state index is 11.7. The minimum Gasteiger partial charge on any atom is -0.344 e. The molecule has 2 amide bonds. The molecule has 0 bridgehead atoms. The molecule has 0 atom stereocenters. The van der Waals surface area contributed by atoms with E-state index in [1.54, 1.807) is 36.4 Å². The fourth-order valence-corrected chi connectivity index (χ4v) is 2.20. The molecule has 0 aliphatic heterocycles. The van der Waals surface area contributed by atoms with Gasteiger partial charge in [0.2, 0.25) is 0 Å². The summed E-state index contributed by atoms with van der Waals surface area (Å²) in [5.41, 5.74) is 1.49. The van der Waals surface area contributed by atoms with Crippen LogP contribution in [0.1, 0.15) is 11.1 Å². The van der Waals surface area contributed by atoms with Crippen molar-refractivity contribution in [2.75, 3.05) is 0 Å². The second kappa shape index (κ2) is 7.82. The first-order chi connectivity index (χ1) is 10.6. The summed E-state index contributed by atoms with van der Waals surface area (Å²) >= 11 is 12.0. The van der Waals surface area contributed by atoms with Crippen LogP contribution in [-0.4, -0.2) is 11.8 Å². The molecule has 22 heavy (non-hydrogen) atoms. The first kappa shape index (κ1) is 16.3. The molecule has 4 nitrogen and oxygen atoms in total. The largest absolute Gasteiger partial charge is 0.344 e. The van der Waals surface area contributed by atoms with E-state index in [0.717, 1.165) is 11.1 Å². The monoisotopic (exact) mass is 336 g/mol. The highest BCUT2D eigenvalue weighted by atomic mass is 35.5. The summed E-state index contributed by atoms with van der Waals surface area (Å²) in [7, 11) is 0. The Morgan fingerprint density at radius 1 is 0.727 bits per heavy atom. The number of halogens is 2. The van der Waals surface area contributed by atoms with Crippen molar-refractivity contribution >= 4 is 35.0 Å². The van der Waals surface area contributed by atoms with Crippen LogP contribution in [0.25, 0.3) is 0 Å². The summed E-state index contributed by atoms with van der Waals surface area (Å²) in [6.07, 6.45) is 0. The van der Waals surface area contributed by atoms with Gasteiger partial charge in [0.25, 0.3) is 0 Å². The van der Waals surface area contributed by atoms with Gasteiger partial charge in [0.05, 0.1) is 0 Å². The number of hydrogen-bond acceptors (Lipinski definition) is 2. The van der Waals surface area contributed by atoms with Crippen molar-refractivity contribution in [2.45, 2.75) is 13.1 Å². The van der Waals surface area contributed by atoms with E-state index in [1.165, 1.54) is 0 Å². The third-order valence-electron chi connectivity index (χ3n) is 3.00. The van der Waals surface area contributed by atoms with Crippen LogP contribution in [0.4, 0.5) is 0 Å². The normalized spacial score (nSPS) is 10.1. The zero-order valence-electron chi connectivity index (χ0n) is 11.6. The number of carbonyl (C=O) groups is 2. The topological polar surface area (TPSA) is 58.2 Å². The van der Waals surface area contributed by atoms with Crippen LogP contribution >= 0.6 is 23.2 Å². The molecular formula is C16H14Cl2N2O2. The lowest BCUT2D eigenvalue weighted by molar-refractivity contribution is -0.139. The summed E-state index contributed by atoms with van der Waals surface area (Å²) in [5, 5.41) is 6.13. The molecule has 0 aromatic heterocycles. The Morgan fingerprint density at radius 2 is 1.09 bits per heavy atom. The first-order valence-electron chi connectivity index (χ1n) is 6.61. The lowest BCUT2D eigenvalue weighted by atomic mass is 10.2. The number of carbonyl (C=O) groups excluding carboxylic acids is 2. The Balaban J connectivity index is 1.84. The van der Waals surface area contributed by atoms with E-state index < -0.39 is 11.8 Å². The molecule has 6 heteroatoms. The molecule has 114 valence electrons. The Kier molecular flexibility index (Phi) is 5.81. The molecule has 0 aliphatic rings. The molecule has 0 aliphatic carbocycles. The number of hydrogen-bond donors (Lipinski definition) is 2. The van der Waals surface area contributed by atoms with Gasteiger partial charge in [-0.25, -0.2) is 0 Å². The number of rotatable bonds is 4. The molecule has 2 aromatic carbocycles. The molecule has 0 radical (unpaired) electrons. The van der Waals surface area contributed by atoms with E-state index in [9.17, 15) is 9.59 Å². The van der Waals surface area contributed by atoms with Crippen LogP contribution < -0.4 is 10.6 Å². The van der Waals surface area contributed by atoms with E-state index in [4.69, 9.17) is 23.2 Å². The van der Waals surface area contributed by atoms with E-state index in [0.29, 0.717) is 10.0 Å². The molecule has 0 saturated carbocycles. The van der Waals surface area contributed by atoms with Gasteiger partial charge in [-0.3, -0.25) is 9.59 Å². The maximum atomic E-state index is 11.7. The number of amides is 2. The lowest BCUT2D eigenvalue weighted by Gasteiger charge is -2.08. The minimum atomic E-state index is -0.716. The van der Waals surface area contributed by atoms with Gasteiger partial charge in [-0.05, 0) is 23.3 Å². The van der Waals surface area contributed by atoms with Crippen molar-refractivity contribution in [3.05, 3.63) is 69.7 Å². The van der Waals surface area contributed by atoms with Gasteiger partial charge in [-0.15, -0.1) is 0 Å². The standard InChI is InChI=1S/C16H14Cl2N2O2/c17-13-7-3-1-5-11(13)9-19-15(21)16(22)20-10-12-6-2-4-8-14(12)18/h1-8H,9-10H2,(H,19,21)(H,20,22). The van der Waals surface area contributed by atoms with Crippen molar-refractivity contribution in [1.82, 2.24) is 10.6 Å². The van der Waals surface area contributed by atoms with Crippen molar-refractivity contribution in [3.8, 4) is 0 Å². The van der Waals surface area contributed by atoms with Crippen molar-refractivity contribution in [2.24, 2.45) is 0 Å². The summed E-state index contributed by atoms with van der Waals surface area (Å²) in [4.78, 5) is 23.5. The van der Waals surface area contributed by atoms with Gasteiger partial charge in [0.15, 0.2) is 0 Å². The molecule has 2 aromatic rings. The third kappa shape index (κ3) is 4.48. The van der Waals surface area contributed by atoms with Gasteiger partial charge < -0.3 is 10.6 Å². The average Bonchev–Trinajstić information content (AvgIpc) is 2.52. The van der Waals surface area contributed by atoms with Crippen molar-refractivity contribution in [3.63, 3.8) is 0 Å². The van der Waals surface area contributed by atoms with Crippen LogP contribution in [-0.2, 0) is 22.7 Å². The molecule has 0 spiro atoms. The van der Waals surface area contributed by atoms with E-state index in [-0.39, 0.29) is 13.1 Å². The number of nitrogens with one attached hydrogen (secondary N) is 2. The molecular weight excluding hydrogens is 323 g/mol. The average molecular weight is 337 g/mol. The molecule has 0 unspecified atom stereocenters. The summed E-state index contributed by atoms with van der Waals surface area (Å²) in [6.45, 7) is 0.385. The Hall–Kier alpha value is -2.04. The van der Waals surface area contributed by atoms with Gasteiger partial charge in [-0.1, -0.05) is 59.6 Å². The molecule has 0 saturated heterocycles. The highest BCUT2D eigenvalue weighted by molar-refractivity contribution is 6.35. The molecule has 2 N–H and O–H groups in total. The highest BCUT2D eigenvalue weighted by Gasteiger charge is 2.13. The zero-order chi connectivity index (χ0) is 15.9. The molecule has 0 heterocycles. The second-order valence-corrected chi connectivity index (χ2v) is 5.36. The predicted octanol–water partition coefficient (Wildman–Crippen LogP) is 2.93. The second-order valence-electron chi connectivity index (χ2n) is 4.55. The summed E-state index contributed by atoms with van der Waals surface area (Å²) < 4.78 is 0. The summed E-state index contributed by atoms with van der Waals surface area (Å²) in [6, 6.07) is 14.2. The Labute approximate surface area is 138 Å². The van der Waals surface area contributed by atoms with Crippen molar-refractivity contribution < 1.29 is 9.59 Å². The maximum Gasteiger partial charge on any atom is 0.309 e. The van der Waals surface area contributed by atoms with Crippen LogP contribution in [0.15, 0.2) is 48.5 Å².